The van der Waals surface area contributed by atoms with E-state index in [4.69, 9.17) is 4.74 Å². The Bertz CT molecular complexity index is 910. The van der Waals surface area contributed by atoms with Crippen LogP contribution in [0.1, 0.15) is 18.2 Å². The predicted octanol–water partition coefficient (Wildman–Crippen LogP) is 2.22. The van der Waals surface area contributed by atoms with E-state index in [0.717, 1.165) is 0 Å². The predicted molar refractivity (Wildman–Crippen MR) is 111 cm³/mol. The Morgan fingerprint density at radius 2 is 2.07 bits per heavy atom. The van der Waals surface area contributed by atoms with Crippen LogP contribution in [0.5, 0.6) is 0 Å². The third-order valence-electron chi connectivity index (χ3n) is 4.22. The number of rotatable bonds is 11. The largest absolute Gasteiger partial charge is 0.383 e. The van der Waals surface area contributed by atoms with Crippen molar-refractivity contribution in [2.45, 2.75) is 30.9 Å². The van der Waals surface area contributed by atoms with E-state index in [2.05, 4.69) is 16.9 Å². The fraction of sp³-hybridized carbons (Fsp3) is 0.400. The maximum absolute atomic E-state index is 13.0. The van der Waals surface area contributed by atoms with Crippen LogP contribution in [-0.4, -0.2) is 55.7 Å². The van der Waals surface area contributed by atoms with Gasteiger partial charge >= 0.3 is 6.03 Å². The number of allylic oxidation sites excluding steroid dienone is 1. The summed E-state index contributed by atoms with van der Waals surface area (Å²) in [6.45, 7) is 7.26. The van der Waals surface area contributed by atoms with Crippen molar-refractivity contribution in [3.05, 3.63) is 60.4 Å². The molecule has 0 aliphatic carbocycles. The van der Waals surface area contributed by atoms with Gasteiger partial charge in [0.25, 0.3) is 0 Å². The molecule has 0 spiro atoms. The number of ether oxygens (including phenoxy) is 1. The van der Waals surface area contributed by atoms with E-state index >= 15 is 0 Å². The second-order valence-corrected chi connectivity index (χ2v) is 8.31. The second-order valence-electron chi connectivity index (χ2n) is 6.43. The van der Waals surface area contributed by atoms with E-state index < -0.39 is 9.84 Å². The normalized spacial score (nSPS) is 11.2. The van der Waals surface area contributed by atoms with Crippen LogP contribution < -0.4 is 5.32 Å². The maximum atomic E-state index is 13.0. The summed E-state index contributed by atoms with van der Waals surface area (Å²) in [5.41, 5.74) is 1.30. The Kier molecular flexibility index (Phi) is 8.41. The van der Waals surface area contributed by atoms with E-state index in [1.54, 1.807) is 46.9 Å². The first-order chi connectivity index (χ1) is 13.9. The summed E-state index contributed by atoms with van der Waals surface area (Å²) in [6.07, 6.45) is 3.11. The van der Waals surface area contributed by atoms with Crippen molar-refractivity contribution >= 4 is 15.9 Å². The van der Waals surface area contributed by atoms with E-state index in [0.29, 0.717) is 31.0 Å². The Labute approximate surface area is 172 Å². The monoisotopic (exact) mass is 420 g/mol. The molecular formula is C20H28N4O4S. The number of aromatic nitrogens is 2. The van der Waals surface area contributed by atoms with Crippen LogP contribution >= 0.6 is 0 Å². The van der Waals surface area contributed by atoms with Crippen LogP contribution in [0.25, 0.3) is 0 Å². The van der Waals surface area contributed by atoms with E-state index in [9.17, 15) is 13.2 Å². The number of nitrogens with zero attached hydrogens (tertiary/aromatic N) is 3. The summed E-state index contributed by atoms with van der Waals surface area (Å²) >= 11 is 0. The first-order valence-electron chi connectivity index (χ1n) is 9.36. The first-order valence-corrected chi connectivity index (χ1v) is 11.0. The molecule has 0 aliphatic rings. The highest BCUT2D eigenvalue weighted by atomic mass is 32.2. The van der Waals surface area contributed by atoms with Crippen molar-refractivity contribution in [3.8, 4) is 0 Å². The van der Waals surface area contributed by atoms with Crippen molar-refractivity contribution < 1.29 is 17.9 Å². The lowest BCUT2D eigenvalue weighted by molar-refractivity contribution is 0.145. The van der Waals surface area contributed by atoms with Crippen LogP contribution in [0.2, 0.25) is 0 Å². The molecule has 0 aliphatic heterocycles. The summed E-state index contributed by atoms with van der Waals surface area (Å²) in [6, 6.07) is 8.72. The summed E-state index contributed by atoms with van der Waals surface area (Å²) < 4.78 is 32.6. The molecule has 2 rings (SSSR count). The smallest absolute Gasteiger partial charge is 0.317 e. The highest BCUT2D eigenvalue weighted by molar-refractivity contribution is 7.90. The number of hydrogen-bond acceptors (Lipinski definition) is 5. The van der Waals surface area contributed by atoms with Crippen molar-refractivity contribution in [2.24, 2.45) is 0 Å². The van der Waals surface area contributed by atoms with Gasteiger partial charge in [0.1, 0.15) is 0 Å². The van der Waals surface area contributed by atoms with Crippen molar-refractivity contribution in [1.29, 1.82) is 0 Å². The van der Waals surface area contributed by atoms with E-state index in [-0.39, 0.29) is 30.0 Å². The van der Waals surface area contributed by atoms with Crippen molar-refractivity contribution in [3.63, 3.8) is 0 Å². The molecule has 2 amide bonds. The van der Waals surface area contributed by atoms with E-state index in [1.807, 2.05) is 13.0 Å². The van der Waals surface area contributed by atoms with Gasteiger partial charge in [-0.2, -0.15) is 0 Å². The molecule has 8 nitrogen and oxygen atoms in total. The summed E-state index contributed by atoms with van der Waals surface area (Å²) in [5.74, 6) is -0.148. The Balaban J connectivity index is 2.32. The highest BCUT2D eigenvalue weighted by Gasteiger charge is 2.25. The lowest BCUT2D eigenvalue weighted by Crippen LogP contribution is -2.41. The molecule has 0 bridgehead atoms. The Hall–Kier alpha value is -2.65. The molecule has 29 heavy (non-hydrogen) atoms. The van der Waals surface area contributed by atoms with Crippen LogP contribution in [0.4, 0.5) is 4.79 Å². The third kappa shape index (κ3) is 6.16. The summed E-state index contributed by atoms with van der Waals surface area (Å²) in [4.78, 5) is 18.1. The molecule has 1 aromatic heterocycles. The zero-order valence-electron chi connectivity index (χ0n) is 16.9. The topological polar surface area (TPSA) is 93.5 Å². The Morgan fingerprint density at radius 1 is 1.34 bits per heavy atom. The van der Waals surface area contributed by atoms with Crippen molar-refractivity contribution in [2.75, 3.05) is 26.8 Å². The van der Waals surface area contributed by atoms with Gasteiger partial charge in [-0.1, -0.05) is 36.4 Å². The molecular weight excluding hydrogens is 392 g/mol. The minimum absolute atomic E-state index is 0.0288. The number of hydrogen-bond donors (Lipinski definition) is 1. The molecule has 0 saturated carbocycles. The fourth-order valence-corrected chi connectivity index (χ4v) is 4.36. The zero-order valence-corrected chi connectivity index (χ0v) is 17.7. The molecule has 158 valence electrons. The molecule has 0 saturated heterocycles. The molecule has 1 N–H and O–H groups in total. The highest BCUT2D eigenvalue weighted by Crippen LogP contribution is 2.19. The molecule has 9 heteroatoms. The third-order valence-corrected chi connectivity index (χ3v) is 5.82. The first kappa shape index (κ1) is 22.6. The quantitative estimate of drug-likeness (QED) is 0.563. The number of benzene rings is 1. The lowest BCUT2D eigenvalue weighted by atomic mass is 10.2. The van der Waals surface area contributed by atoms with Gasteiger partial charge in [-0.25, -0.2) is 18.2 Å². The molecule has 0 fully saturated rings. The Morgan fingerprint density at radius 3 is 2.69 bits per heavy atom. The number of amides is 2. The number of carbonyl (C=O) groups excluding carboxylic acids is 1. The minimum Gasteiger partial charge on any atom is -0.383 e. The molecule has 2 aromatic rings. The van der Waals surface area contributed by atoms with Gasteiger partial charge in [0.15, 0.2) is 0 Å². The summed E-state index contributed by atoms with van der Waals surface area (Å²) in [5, 5.41) is 2.73. The maximum Gasteiger partial charge on any atom is 0.317 e. The van der Waals surface area contributed by atoms with Gasteiger partial charge < -0.3 is 19.5 Å². The molecule has 0 unspecified atom stereocenters. The SMILES string of the molecule is C=CCn1c(CN(CCOC)C(=O)NCC)cnc1S(=O)(=O)Cc1ccccc1. The number of methoxy groups -OCH3 is 1. The second kappa shape index (κ2) is 10.8. The minimum atomic E-state index is -3.67. The van der Waals surface area contributed by atoms with Gasteiger partial charge in [-0.15, -0.1) is 6.58 Å². The number of nitrogens with one attached hydrogen (secondary N) is 1. The standard InChI is InChI=1S/C20H28N4O4S/c1-4-11-24-18(15-23(12-13-28-3)19(25)21-5-2)14-22-20(24)29(26,27)16-17-9-7-6-8-10-17/h4,6-10,14H,1,5,11-13,15-16H2,2-3H3,(H,21,25). The van der Waals surface area contributed by atoms with Gasteiger partial charge in [0.2, 0.25) is 15.0 Å². The zero-order chi connectivity index (χ0) is 21.3. The molecule has 1 heterocycles. The summed E-state index contributed by atoms with van der Waals surface area (Å²) in [7, 11) is -2.11. The van der Waals surface area contributed by atoms with Crippen molar-refractivity contribution in [1.82, 2.24) is 19.8 Å². The fourth-order valence-electron chi connectivity index (χ4n) is 2.86. The molecule has 1 aromatic carbocycles. The van der Waals surface area contributed by atoms with Gasteiger partial charge in [-0.05, 0) is 12.5 Å². The van der Waals surface area contributed by atoms with Gasteiger partial charge in [0, 0.05) is 26.7 Å². The number of imidazole rings is 1. The number of sulfone groups is 1. The number of urea groups is 1. The number of carbonyl (C=O) groups is 1. The lowest BCUT2D eigenvalue weighted by Gasteiger charge is -2.23. The van der Waals surface area contributed by atoms with Crippen LogP contribution in [0.15, 0.2) is 54.3 Å². The van der Waals surface area contributed by atoms with Crippen LogP contribution in [0.3, 0.4) is 0 Å². The van der Waals surface area contributed by atoms with Crippen LogP contribution in [-0.2, 0) is 33.4 Å². The average Bonchev–Trinajstić information content (AvgIpc) is 3.09. The van der Waals surface area contributed by atoms with E-state index in [1.165, 1.54) is 6.20 Å². The average molecular weight is 421 g/mol. The van der Waals surface area contributed by atoms with Gasteiger partial charge in [-0.3, -0.25) is 0 Å². The molecule has 0 radical (unpaired) electrons. The van der Waals surface area contributed by atoms with Crippen LogP contribution in [0, 0.1) is 0 Å². The van der Waals surface area contributed by atoms with Gasteiger partial charge in [0.05, 0.1) is 30.8 Å². The molecule has 0 atom stereocenters.